The summed E-state index contributed by atoms with van der Waals surface area (Å²) in [5.74, 6) is 5.44. The molecule has 2 N–H and O–H groups in total. The van der Waals surface area contributed by atoms with Gasteiger partial charge < -0.3 is 4.90 Å². The quantitative estimate of drug-likeness (QED) is 0.348. The van der Waals surface area contributed by atoms with Crippen molar-refractivity contribution in [3.05, 3.63) is 30.3 Å². The Bertz CT molecular complexity index is 363. The van der Waals surface area contributed by atoms with Crippen molar-refractivity contribution in [1.82, 2.24) is 9.91 Å². The molecule has 0 aromatic heterocycles. The molecule has 0 saturated carbocycles. The third-order valence-electron chi connectivity index (χ3n) is 3.30. The summed E-state index contributed by atoms with van der Waals surface area (Å²) in [5.41, 5.74) is 1.28. The number of para-hydroxylation sites is 1. The minimum absolute atomic E-state index is 0.592. The lowest BCUT2D eigenvalue weighted by Gasteiger charge is -2.36. The number of hydrogen-bond donors (Lipinski definition) is 1. The van der Waals surface area contributed by atoms with Crippen LogP contribution >= 0.6 is 0 Å². The second-order valence-corrected chi connectivity index (χ2v) is 4.51. The molecular formula is C13H20N4O. The molecule has 1 aromatic carbocycles. The fourth-order valence-corrected chi connectivity index (χ4v) is 2.18. The van der Waals surface area contributed by atoms with E-state index in [0.717, 1.165) is 32.7 Å². The van der Waals surface area contributed by atoms with Crippen LogP contribution in [0, 0.1) is 0 Å². The minimum atomic E-state index is 0.592. The van der Waals surface area contributed by atoms with Crippen LogP contribution < -0.4 is 10.7 Å². The van der Waals surface area contributed by atoms with Crippen molar-refractivity contribution in [3.63, 3.8) is 0 Å². The first-order valence-electron chi connectivity index (χ1n) is 6.28. The van der Waals surface area contributed by atoms with E-state index in [1.54, 1.807) is 0 Å². The minimum Gasteiger partial charge on any atom is -0.369 e. The molecule has 0 atom stereocenters. The number of nitrogens with zero attached hydrogens (tertiary/aromatic N) is 3. The number of anilines is 1. The molecule has 1 fully saturated rings. The number of rotatable bonds is 5. The summed E-state index contributed by atoms with van der Waals surface area (Å²) in [6, 6.07) is 10.5. The zero-order valence-corrected chi connectivity index (χ0v) is 10.5. The molecule has 0 unspecified atom stereocenters. The average molecular weight is 248 g/mol. The smallest absolute Gasteiger partial charge is 0.223 e. The molecule has 1 aliphatic rings. The van der Waals surface area contributed by atoms with E-state index in [0.29, 0.717) is 13.0 Å². The molecule has 0 aliphatic carbocycles. The van der Waals surface area contributed by atoms with Gasteiger partial charge in [-0.1, -0.05) is 18.2 Å². The Kier molecular flexibility index (Phi) is 4.55. The van der Waals surface area contributed by atoms with Crippen molar-refractivity contribution < 1.29 is 4.79 Å². The fourth-order valence-electron chi connectivity index (χ4n) is 2.18. The Hall–Kier alpha value is -1.59. The normalized spacial score (nSPS) is 16.6. The number of hydrazine groups is 1. The van der Waals surface area contributed by atoms with Crippen LogP contribution in [0.25, 0.3) is 0 Å². The van der Waals surface area contributed by atoms with Crippen LogP contribution in [0.2, 0.25) is 0 Å². The highest BCUT2D eigenvalue weighted by Crippen LogP contribution is 2.15. The van der Waals surface area contributed by atoms with Gasteiger partial charge in [-0.15, -0.1) is 0 Å². The lowest BCUT2D eigenvalue weighted by molar-refractivity contribution is -0.118. The number of nitrogens with two attached hydrogens (primary N) is 1. The molecule has 1 amide bonds. The fraction of sp³-hybridized carbons (Fsp3) is 0.462. The monoisotopic (exact) mass is 248 g/mol. The molecule has 5 heteroatoms. The molecule has 1 heterocycles. The van der Waals surface area contributed by atoms with E-state index < -0.39 is 0 Å². The molecule has 1 aliphatic heterocycles. The van der Waals surface area contributed by atoms with Gasteiger partial charge in [0.2, 0.25) is 6.41 Å². The molecule has 0 spiro atoms. The zero-order chi connectivity index (χ0) is 12.8. The standard InChI is InChI=1S/C13H20N4O/c14-17(12-18)11-8-15-6-9-16(10-7-15)13-4-2-1-3-5-13/h1-5,12H,6-11,14H2. The highest BCUT2D eigenvalue weighted by Gasteiger charge is 2.16. The Morgan fingerprint density at radius 1 is 1.17 bits per heavy atom. The Morgan fingerprint density at radius 2 is 1.83 bits per heavy atom. The molecule has 18 heavy (non-hydrogen) atoms. The van der Waals surface area contributed by atoms with E-state index in [2.05, 4.69) is 34.1 Å². The number of carbonyl (C=O) groups excluding carboxylic acids is 1. The zero-order valence-electron chi connectivity index (χ0n) is 10.5. The van der Waals surface area contributed by atoms with Crippen LogP contribution in [-0.4, -0.2) is 55.6 Å². The number of hydrogen-bond acceptors (Lipinski definition) is 4. The highest BCUT2D eigenvalue weighted by atomic mass is 16.1. The maximum Gasteiger partial charge on any atom is 0.223 e. The predicted octanol–water partition coefficient (Wildman–Crippen LogP) is 0.141. The highest BCUT2D eigenvalue weighted by molar-refractivity contribution is 5.46. The first-order valence-corrected chi connectivity index (χ1v) is 6.28. The third kappa shape index (κ3) is 3.45. The topological polar surface area (TPSA) is 52.8 Å². The number of carbonyl (C=O) groups is 1. The van der Waals surface area contributed by atoms with Crippen LogP contribution in [0.5, 0.6) is 0 Å². The Balaban J connectivity index is 1.76. The number of benzene rings is 1. The maximum atomic E-state index is 10.4. The second-order valence-electron chi connectivity index (χ2n) is 4.51. The van der Waals surface area contributed by atoms with Gasteiger partial charge >= 0.3 is 0 Å². The van der Waals surface area contributed by atoms with E-state index in [-0.39, 0.29) is 0 Å². The molecule has 98 valence electrons. The SMILES string of the molecule is NN(C=O)CCN1CCN(c2ccccc2)CC1. The van der Waals surface area contributed by atoms with Gasteiger partial charge in [0.25, 0.3) is 0 Å². The summed E-state index contributed by atoms with van der Waals surface area (Å²) in [6.45, 7) is 5.52. The summed E-state index contributed by atoms with van der Waals surface area (Å²) in [4.78, 5) is 15.1. The largest absolute Gasteiger partial charge is 0.369 e. The maximum absolute atomic E-state index is 10.4. The summed E-state index contributed by atoms with van der Waals surface area (Å²) < 4.78 is 0. The molecule has 0 bridgehead atoms. The molecule has 0 radical (unpaired) electrons. The van der Waals surface area contributed by atoms with E-state index in [4.69, 9.17) is 5.84 Å². The van der Waals surface area contributed by atoms with Crippen LogP contribution in [0.3, 0.4) is 0 Å². The van der Waals surface area contributed by atoms with Crippen molar-refractivity contribution in [1.29, 1.82) is 0 Å². The lowest BCUT2D eigenvalue weighted by atomic mass is 10.2. The summed E-state index contributed by atoms with van der Waals surface area (Å²) in [5, 5.41) is 1.20. The van der Waals surface area contributed by atoms with Gasteiger partial charge in [-0.2, -0.15) is 0 Å². The van der Waals surface area contributed by atoms with Gasteiger partial charge in [0.15, 0.2) is 0 Å². The van der Waals surface area contributed by atoms with Gasteiger partial charge in [-0.3, -0.25) is 14.7 Å². The molecule has 5 nitrogen and oxygen atoms in total. The Morgan fingerprint density at radius 3 is 2.44 bits per heavy atom. The van der Waals surface area contributed by atoms with Crippen molar-refractivity contribution in [2.24, 2.45) is 5.84 Å². The van der Waals surface area contributed by atoms with Crippen LogP contribution in [0.15, 0.2) is 30.3 Å². The van der Waals surface area contributed by atoms with Crippen LogP contribution in [0.1, 0.15) is 0 Å². The third-order valence-corrected chi connectivity index (χ3v) is 3.30. The number of amides is 1. The van der Waals surface area contributed by atoms with Crippen molar-refractivity contribution in [2.75, 3.05) is 44.2 Å². The predicted molar refractivity (Wildman–Crippen MR) is 72.1 cm³/mol. The first-order chi connectivity index (χ1) is 8.79. The average Bonchev–Trinajstić information content (AvgIpc) is 2.46. The summed E-state index contributed by atoms with van der Waals surface area (Å²) >= 11 is 0. The first kappa shape index (κ1) is 12.9. The number of piperazine rings is 1. The van der Waals surface area contributed by atoms with E-state index in [1.165, 1.54) is 10.7 Å². The van der Waals surface area contributed by atoms with E-state index in [1.807, 2.05) is 6.07 Å². The van der Waals surface area contributed by atoms with Crippen molar-refractivity contribution in [3.8, 4) is 0 Å². The van der Waals surface area contributed by atoms with Gasteiger partial charge in [0, 0.05) is 45.0 Å². The summed E-state index contributed by atoms with van der Waals surface area (Å²) in [7, 11) is 0. The Labute approximate surface area is 108 Å². The molecule has 2 rings (SSSR count). The second kappa shape index (κ2) is 6.37. The lowest BCUT2D eigenvalue weighted by Crippen LogP contribution is -2.49. The van der Waals surface area contributed by atoms with Gasteiger partial charge in [-0.05, 0) is 12.1 Å². The molecule has 1 aromatic rings. The van der Waals surface area contributed by atoms with Crippen molar-refractivity contribution in [2.45, 2.75) is 0 Å². The molecule has 1 saturated heterocycles. The van der Waals surface area contributed by atoms with Crippen LogP contribution in [-0.2, 0) is 4.79 Å². The summed E-state index contributed by atoms with van der Waals surface area (Å²) in [6.07, 6.45) is 0.667. The van der Waals surface area contributed by atoms with Gasteiger partial charge in [-0.25, -0.2) is 5.84 Å². The van der Waals surface area contributed by atoms with Gasteiger partial charge in [0.05, 0.1) is 0 Å². The van der Waals surface area contributed by atoms with Gasteiger partial charge in [0.1, 0.15) is 0 Å². The van der Waals surface area contributed by atoms with E-state index in [9.17, 15) is 4.79 Å². The van der Waals surface area contributed by atoms with Crippen LogP contribution in [0.4, 0.5) is 5.69 Å². The van der Waals surface area contributed by atoms with Crippen molar-refractivity contribution >= 4 is 12.1 Å². The molecular weight excluding hydrogens is 228 g/mol. The van der Waals surface area contributed by atoms with E-state index >= 15 is 0 Å².